The summed E-state index contributed by atoms with van der Waals surface area (Å²) in [4.78, 5) is 23.2. The number of amides is 1. The van der Waals surface area contributed by atoms with E-state index in [9.17, 15) is 9.59 Å². The predicted octanol–water partition coefficient (Wildman–Crippen LogP) is 2.65. The van der Waals surface area contributed by atoms with Gasteiger partial charge in [0.05, 0.1) is 6.21 Å². The number of carboxylic acid groups (broad SMARTS) is 1. The van der Waals surface area contributed by atoms with E-state index in [1.54, 1.807) is 6.92 Å². The van der Waals surface area contributed by atoms with Gasteiger partial charge >= 0.3 is 5.97 Å². The lowest BCUT2D eigenvalue weighted by atomic mass is 10.1. The molecule has 0 bridgehead atoms. The number of nitrogens with zero attached hydrogens (tertiary/aromatic N) is 2. The van der Waals surface area contributed by atoms with Crippen LogP contribution in [0.2, 0.25) is 0 Å². The summed E-state index contributed by atoms with van der Waals surface area (Å²) in [6, 6.07) is 13.5. The summed E-state index contributed by atoms with van der Waals surface area (Å²) in [7, 11) is 0. The second-order valence-corrected chi connectivity index (χ2v) is 5.55. The third-order valence-electron chi connectivity index (χ3n) is 3.39. The summed E-state index contributed by atoms with van der Waals surface area (Å²) in [6.07, 6.45) is 1.52. The van der Waals surface area contributed by atoms with Crippen molar-refractivity contribution < 1.29 is 14.7 Å². The van der Waals surface area contributed by atoms with Gasteiger partial charge in [-0.15, -0.1) is 0 Å². The minimum atomic E-state index is -1.11. The SMILES string of the molecule is CC(CS)C(=O)N(CC(=O)O)N=Cc1cccc2ccccc12. The van der Waals surface area contributed by atoms with Gasteiger partial charge in [0.25, 0.3) is 0 Å². The van der Waals surface area contributed by atoms with Crippen LogP contribution in [0, 0.1) is 5.92 Å². The highest BCUT2D eigenvalue weighted by Crippen LogP contribution is 2.17. The van der Waals surface area contributed by atoms with Crippen LogP contribution in [0.3, 0.4) is 0 Å². The monoisotopic (exact) mass is 330 g/mol. The van der Waals surface area contributed by atoms with Crippen molar-refractivity contribution in [1.29, 1.82) is 0 Å². The highest BCUT2D eigenvalue weighted by Gasteiger charge is 2.21. The normalized spacial score (nSPS) is 12.4. The molecular formula is C17H18N2O3S. The summed E-state index contributed by atoms with van der Waals surface area (Å²) in [5.74, 6) is -1.54. The Kier molecular flexibility index (Phi) is 5.76. The molecule has 0 aromatic heterocycles. The van der Waals surface area contributed by atoms with Crippen LogP contribution in [0.25, 0.3) is 10.8 Å². The molecule has 5 nitrogen and oxygen atoms in total. The lowest BCUT2D eigenvalue weighted by molar-refractivity contribution is -0.145. The highest BCUT2D eigenvalue weighted by atomic mass is 32.1. The van der Waals surface area contributed by atoms with Gasteiger partial charge in [0.15, 0.2) is 0 Å². The fourth-order valence-corrected chi connectivity index (χ4v) is 2.29. The maximum Gasteiger partial charge on any atom is 0.325 e. The van der Waals surface area contributed by atoms with Crippen LogP contribution >= 0.6 is 12.6 Å². The molecule has 0 spiro atoms. The first kappa shape index (κ1) is 17.0. The number of hydrazone groups is 1. The quantitative estimate of drug-likeness (QED) is 0.486. The molecule has 6 heteroatoms. The zero-order chi connectivity index (χ0) is 16.8. The van der Waals surface area contributed by atoms with E-state index in [2.05, 4.69) is 17.7 Å². The van der Waals surface area contributed by atoms with Gasteiger partial charge in [-0.05, 0) is 10.8 Å². The Morgan fingerprint density at radius 2 is 1.96 bits per heavy atom. The van der Waals surface area contributed by atoms with Gasteiger partial charge in [-0.2, -0.15) is 17.7 Å². The number of hydrogen-bond donors (Lipinski definition) is 2. The molecule has 0 heterocycles. The molecule has 0 radical (unpaired) electrons. The molecule has 0 saturated carbocycles. The summed E-state index contributed by atoms with van der Waals surface area (Å²) < 4.78 is 0. The van der Waals surface area contributed by atoms with Crippen LogP contribution in [0.1, 0.15) is 12.5 Å². The first-order valence-electron chi connectivity index (χ1n) is 7.18. The minimum Gasteiger partial charge on any atom is -0.480 e. The van der Waals surface area contributed by atoms with Crippen LogP contribution in [-0.2, 0) is 9.59 Å². The first-order valence-corrected chi connectivity index (χ1v) is 7.82. The fraction of sp³-hybridized carbons (Fsp3) is 0.235. The summed E-state index contributed by atoms with van der Waals surface area (Å²) in [5, 5.41) is 16.1. The van der Waals surface area contributed by atoms with Crippen molar-refractivity contribution in [3.63, 3.8) is 0 Å². The van der Waals surface area contributed by atoms with Crippen molar-refractivity contribution in [3.8, 4) is 0 Å². The molecule has 2 aromatic rings. The van der Waals surface area contributed by atoms with Gasteiger partial charge in [-0.1, -0.05) is 49.4 Å². The van der Waals surface area contributed by atoms with Gasteiger partial charge in [0.1, 0.15) is 6.54 Å². The molecule has 0 fully saturated rings. The molecule has 1 unspecified atom stereocenters. The topological polar surface area (TPSA) is 70.0 Å². The minimum absolute atomic E-state index is 0.332. The summed E-state index contributed by atoms with van der Waals surface area (Å²) in [5.41, 5.74) is 0.824. The molecule has 0 saturated heterocycles. The smallest absolute Gasteiger partial charge is 0.325 e. The van der Waals surface area contributed by atoms with Crippen molar-refractivity contribution in [2.45, 2.75) is 6.92 Å². The zero-order valence-electron chi connectivity index (χ0n) is 12.7. The van der Waals surface area contributed by atoms with Crippen molar-refractivity contribution in [3.05, 3.63) is 48.0 Å². The molecule has 2 aromatic carbocycles. The molecule has 0 aliphatic carbocycles. The zero-order valence-corrected chi connectivity index (χ0v) is 13.6. The van der Waals surface area contributed by atoms with E-state index in [0.29, 0.717) is 5.75 Å². The maximum atomic E-state index is 12.2. The Labute approximate surface area is 140 Å². The van der Waals surface area contributed by atoms with Gasteiger partial charge in [-0.25, -0.2) is 5.01 Å². The van der Waals surface area contributed by atoms with E-state index in [-0.39, 0.29) is 5.91 Å². The van der Waals surface area contributed by atoms with Gasteiger partial charge in [-0.3, -0.25) is 9.59 Å². The number of benzene rings is 2. The Morgan fingerprint density at radius 3 is 2.65 bits per heavy atom. The second kappa shape index (κ2) is 7.78. The molecule has 0 aliphatic heterocycles. The largest absolute Gasteiger partial charge is 0.480 e. The molecular weight excluding hydrogens is 312 g/mol. The predicted molar refractivity (Wildman–Crippen MR) is 93.9 cm³/mol. The van der Waals surface area contributed by atoms with E-state index in [1.807, 2.05) is 42.5 Å². The van der Waals surface area contributed by atoms with Crippen LogP contribution in [0.5, 0.6) is 0 Å². The first-order chi connectivity index (χ1) is 11.0. The standard InChI is InChI=1S/C17H18N2O3S/c1-12(11-23)17(22)19(10-16(20)21)18-9-14-7-4-6-13-5-2-3-8-15(13)14/h2-9,12,23H,10-11H2,1H3,(H,20,21). The fourth-order valence-electron chi connectivity index (χ4n) is 2.13. The molecule has 1 atom stereocenters. The van der Waals surface area contributed by atoms with Crippen LogP contribution in [0.4, 0.5) is 0 Å². The Hall–Kier alpha value is -2.34. The second-order valence-electron chi connectivity index (χ2n) is 5.19. The van der Waals surface area contributed by atoms with Crippen LogP contribution in [-0.4, -0.2) is 40.5 Å². The van der Waals surface area contributed by atoms with Crippen molar-refractivity contribution in [2.75, 3.05) is 12.3 Å². The summed E-state index contributed by atoms with van der Waals surface area (Å²) in [6.45, 7) is 1.22. The number of hydrogen-bond acceptors (Lipinski definition) is 4. The van der Waals surface area contributed by atoms with E-state index in [0.717, 1.165) is 21.3 Å². The van der Waals surface area contributed by atoms with Gasteiger partial charge in [0, 0.05) is 17.2 Å². The van der Waals surface area contributed by atoms with Crippen LogP contribution in [0.15, 0.2) is 47.6 Å². The maximum absolute atomic E-state index is 12.2. The van der Waals surface area contributed by atoms with Crippen LogP contribution < -0.4 is 0 Å². The molecule has 0 aliphatic rings. The van der Waals surface area contributed by atoms with E-state index in [4.69, 9.17) is 5.11 Å². The third-order valence-corrected chi connectivity index (χ3v) is 3.94. The number of thiol groups is 1. The molecule has 120 valence electrons. The average Bonchev–Trinajstić information content (AvgIpc) is 2.56. The van der Waals surface area contributed by atoms with Gasteiger partial charge < -0.3 is 5.11 Å². The third kappa shape index (κ3) is 4.32. The van der Waals surface area contributed by atoms with E-state index >= 15 is 0 Å². The lowest BCUT2D eigenvalue weighted by Gasteiger charge is -2.18. The van der Waals surface area contributed by atoms with Crippen molar-refractivity contribution in [2.24, 2.45) is 11.0 Å². The van der Waals surface area contributed by atoms with E-state index in [1.165, 1.54) is 6.21 Å². The number of aliphatic carboxylic acids is 1. The Bertz CT molecular complexity index is 740. The van der Waals surface area contributed by atoms with Crippen molar-refractivity contribution >= 4 is 41.5 Å². The number of rotatable bonds is 6. The lowest BCUT2D eigenvalue weighted by Crippen LogP contribution is -2.35. The molecule has 1 amide bonds. The molecule has 23 heavy (non-hydrogen) atoms. The number of carbonyl (C=O) groups excluding carboxylic acids is 1. The average molecular weight is 330 g/mol. The number of fused-ring (bicyclic) bond motifs is 1. The molecule has 2 rings (SSSR count). The number of carboxylic acids is 1. The summed E-state index contributed by atoms with van der Waals surface area (Å²) >= 11 is 4.08. The number of carbonyl (C=O) groups is 2. The Morgan fingerprint density at radius 1 is 1.26 bits per heavy atom. The molecule has 1 N–H and O–H groups in total. The Balaban J connectivity index is 2.32. The van der Waals surface area contributed by atoms with Gasteiger partial charge in [0.2, 0.25) is 5.91 Å². The van der Waals surface area contributed by atoms with E-state index < -0.39 is 18.4 Å². The highest BCUT2D eigenvalue weighted by molar-refractivity contribution is 7.80. The van der Waals surface area contributed by atoms with Crippen molar-refractivity contribution in [1.82, 2.24) is 5.01 Å².